The summed E-state index contributed by atoms with van der Waals surface area (Å²) in [6, 6.07) is 3.97. The van der Waals surface area contributed by atoms with Crippen LogP contribution in [-0.4, -0.2) is 36.2 Å². The van der Waals surface area contributed by atoms with Crippen LogP contribution < -0.4 is 0 Å². The Bertz CT molecular complexity index is 70.5. The van der Waals surface area contributed by atoms with Crippen LogP contribution in [0.15, 0.2) is 0 Å². The van der Waals surface area contributed by atoms with E-state index in [1.807, 2.05) is 0 Å². The Morgan fingerprint density at radius 2 is 1.45 bits per heavy atom. The molecule has 0 aliphatic rings. The van der Waals surface area contributed by atoms with E-state index in [0.717, 1.165) is 13.2 Å². The Balaban J connectivity index is 3.25. The number of hydrogen-bond donors (Lipinski definition) is 0. The van der Waals surface area contributed by atoms with Gasteiger partial charge in [-0.05, 0) is 12.1 Å². The first-order chi connectivity index (χ1) is 5.35. The lowest BCUT2D eigenvalue weighted by atomic mass is 10.8. The maximum absolute atomic E-state index is 5.05. The lowest BCUT2D eigenvalue weighted by molar-refractivity contribution is 0.209. The highest BCUT2D eigenvalue weighted by atomic mass is 28.3. The second-order valence-corrected chi connectivity index (χ2v) is 6.54. The zero-order valence-electron chi connectivity index (χ0n) is 7.93. The van der Waals surface area contributed by atoms with E-state index in [-0.39, 0.29) is 0 Å². The topological polar surface area (TPSA) is 18.5 Å². The molecule has 0 bridgehead atoms. The van der Waals surface area contributed by atoms with Crippen molar-refractivity contribution < 1.29 is 9.47 Å². The van der Waals surface area contributed by atoms with E-state index < -0.39 is 8.80 Å². The molecule has 0 aromatic rings. The molecule has 0 atom stereocenters. The molecule has 0 unspecified atom stereocenters. The van der Waals surface area contributed by atoms with Crippen molar-refractivity contribution in [2.75, 3.05) is 27.4 Å². The van der Waals surface area contributed by atoms with Gasteiger partial charge in [-0.2, -0.15) is 0 Å². The molecule has 2 nitrogen and oxygen atoms in total. The third-order valence-electron chi connectivity index (χ3n) is 2.04. The first-order valence-electron chi connectivity index (χ1n) is 4.33. The normalized spacial score (nSPS) is 10.9. The Kier molecular flexibility index (Phi) is 8.34. The van der Waals surface area contributed by atoms with E-state index >= 15 is 0 Å². The highest BCUT2D eigenvalue weighted by Gasteiger charge is 2.06. The zero-order valence-corrected chi connectivity index (χ0v) is 9.08. The fraction of sp³-hybridized carbons (Fsp3) is 1.00. The first kappa shape index (κ1) is 11.1. The van der Waals surface area contributed by atoms with Gasteiger partial charge in [0.2, 0.25) is 0 Å². The van der Waals surface area contributed by atoms with Gasteiger partial charge in [0.25, 0.3) is 0 Å². The van der Waals surface area contributed by atoms with Crippen molar-refractivity contribution in [1.82, 2.24) is 0 Å². The summed E-state index contributed by atoms with van der Waals surface area (Å²) < 4.78 is 10.1. The standard InChI is InChI=1S/C8H20O2Si/c1-4-11(7-5-9-2)8-6-10-3/h11H,4-8H2,1-3H3. The van der Waals surface area contributed by atoms with Crippen LogP contribution in [0.2, 0.25) is 18.1 Å². The Morgan fingerprint density at radius 1 is 1.00 bits per heavy atom. The van der Waals surface area contributed by atoms with E-state index in [4.69, 9.17) is 9.47 Å². The summed E-state index contributed by atoms with van der Waals surface area (Å²) in [6.45, 7) is 4.16. The third kappa shape index (κ3) is 6.53. The minimum atomic E-state index is -0.498. The molecule has 0 aromatic carbocycles. The summed E-state index contributed by atoms with van der Waals surface area (Å²) in [4.78, 5) is 0. The van der Waals surface area contributed by atoms with Crippen molar-refractivity contribution in [3.8, 4) is 0 Å². The second-order valence-electron chi connectivity index (χ2n) is 2.84. The summed E-state index contributed by atoms with van der Waals surface area (Å²) >= 11 is 0. The quantitative estimate of drug-likeness (QED) is 0.548. The van der Waals surface area contributed by atoms with Crippen LogP contribution in [-0.2, 0) is 9.47 Å². The van der Waals surface area contributed by atoms with Gasteiger partial charge in [0.15, 0.2) is 0 Å². The molecule has 0 saturated carbocycles. The fourth-order valence-electron chi connectivity index (χ4n) is 1.12. The van der Waals surface area contributed by atoms with E-state index in [0.29, 0.717) is 0 Å². The summed E-state index contributed by atoms with van der Waals surface area (Å²) in [6.07, 6.45) is 0. The molecule has 0 aliphatic carbocycles. The third-order valence-corrected chi connectivity index (χ3v) is 5.30. The van der Waals surface area contributed by atoms with Crippen LogP contribution >= 0.6 is 0 Å². The van der Waals surface area contributed by atoms with E-state index in [1.54, 1.807) is 14.2 Å². The van der Waals surface area contributed by atoms with E-state index in [9.17, 15) is 0 Å². The Hall–Kier alpha value is 0.137. The van der Waals surface area contributed by atoms with Gasteiger partial charge in [0, 0.05) is 36.2 Å². The molecule has 0 rings (SSSR count). The molecule has 0 fully saturated rings. The molecule has 0 N–H and O–H groups in total. The lowest BCUT2D eigenvalue weighted by Crippen LogP contribution is -2.15. The van der Waals surface area contributed by atoms with Crippen LogP contribution in [0.4, 0.5) is 0 Å². The fourth-order valence-corrected chi connectivity index (χ4v) is 3.36. The number of rotatable bonds is 7. The van der Waals surface area contributed by atoms with Crippen molar-refractivity contribution in [3.63, 3.8) is 0 Å². The van der Waals surface area contributed by atoms with Crippen molar-refractivity contribution in [3.05, 3.63) is 0 Å². The van der Waals surface area contributed by atoms with Gasteiger partial charge < -0.3 is 9.47 Å². The monoisotopic (exact) mass is 176 g/mol. The minimum Gasteiger partial charge on any atom is -0.385 e. The maximum atomic E-state index is 5.05. The van der Waals surface area contributed by atoms with Crippen LogP contribution in [0.5, 0.6) is 0 Å². The average Bonchev–Trinajstić information content (AvgIpc) is 2.05. The summed E-state index contributed by atoms with van der Waals surface area (Å²) in [5.74, 6) is 0. The molecule has 3 heteroatoms. The maximum Gasteiger partial charge on any atom is 0.0436 e. The highest BCUT2D eigenvalue weighted by Crippen LogP contribution is 2.04. The molecule has 11 heavy (non-hydrogen) atoms. The minimum absolute atomic E-state index is 0.498. The number of ether oxygens (including phenoxy) is 2. The molecular formula is C8H20O2Si. The molecule has 0 heterocycles. The largest absolute Gasteiger partial charge is 0.385 e. The predicted octanol–water partition coefficient (Wildman–Crippen LogP) is 1.53. The van der Waals surface area contributed by atoms with E-state index in [2.05, 4.69) is 6.92 Å². The van der Waals surface area contributed by atoms with Crippen molar-refractivity contribution in [2.45, 2.75) is 25.1 Å². The zero-order chi connectivity index (χ0) is 8.53. The Labute approximate surface area is 71.5 Å². The molecule has 0 spiro atoms. The van der Waals surface area contributed by atoms with Crippen molar-refractivity contribution >= 4 is 8.80 Å². The van der Waals surface area contributed by atoms with E-state index in [1.165, 1.54) is 18.1 Å². The van der Waals surface area contributed by atoms with Crippen LogP contribution in [0.25, 0.3) is 0 Å². The highest BCUT2D eigenvalue weighted by molar-refractivity contribution is 6.58. The van der Waals surface area contributed by atoms with Crippen LogP contribution in [0, 0.1) is 0 Å². The van der Waals surface area contributed by atoms with Gasteiger partial charge in [-0.1, -0.05) is 13.0 Å². The Morgan fingerprint density at radius 3 is 1.73 bits per heavy atom. The first-order valence-corrected chi connectivity index (χ1v) is 6.78. The molecule has 0 saturated heterocycles. The average molecular weight is 176 g/mol. The lowest BCUT2D eigenvalue weighted by Gasteiger charge is -2.11. The van der Waals surface area contributed by atoms with Crippen molar-refractivity contribution in [2.24, 2.45) is 0 Å². The van der Waals surface area contributed by atoms with Crippen LogP contribution in [0.1, 0.15) is 6.92 Å². The SMILES string of the molecule is CC[SiH](CCOC)CCOC. The molecule has 0 aromatic heterocycles. The molecular weight excluding hydrogens is 156 g/mol. The van der Waals surface area contributed by atoms with Gasteiger partial charge in [-0.15, -0.1) is 0 Å². The smallest absolute Gasteiger partial charge is 0.0436 e. The predicted molar refractivity (Wildman–Crippen MR) is 51.0 cm³/mol. The summed E-state index contributed by atoms with van der Waals surface area (Å²) in [5, 5.41) is 0. The van der Waals surface area contributed by atoms with Gasteiger partial charge in [0.1, 0.15) is 0 Å². The van der Waals surface area contributed by atoms with Gasteiger partial charge in [-0.25, -0.2) is 0 Å². The number of hydrogen-bond acceptors (Lipinski definition) is 2. The molecule has 68 valence electrons. The summed E-state index contributed by atoms with van der Waals surface area (Å²) in [5.41, 5.74) is 0. The molecule has 0 radical (unpaired) electrons. The second kappa shape index (κ2) is 8.24. The van der Waals surface area contributed by atoms with Crippen LogP contribution in [0.3, 0.4) is 0 Å². The molecule has 0 amide bonds. The molecule has 0 aliphatic heterocycles. The van der Waals surface area contributed by atoms with Gasteiger partial charge in [0.05, 0.1) is 0 Å². The van der Waals surface area contributed by atoms with Gasteiger partial charge >= 0.3 is 0 Å². The summed E-state index contributed by atoms with van der Waals surface area (Å²) in [7, 11) is 3.05. The number of methoxy groups -OCH3 is 2. The van der Waals surface area contributed by atoms with Gasteiger partial charge in [-0.3, -0.25) is 0 Å². The van der Waals surface area contributed by atoms with Crippen molar-refractivity contribution in [1.29, 1.82) is 0 Å².